The van der Waals surface area contributed by atoms with Crippen LogP contribution in [0.2, 0.25) is 0 Å². The van der Waals surface area contributed by atoms with E-state index >= 15 is 0 Å². The molecule has 1 aromatic carbocycles. The summed E-state index contributed by atoms with van der Waals surface area (Å²) >= 11 is 0. The summed E-state index contributed by atoms with van der Waals surface area (Å²) < 4.78 is 20.3. The molecule has 1 spiro atoms. The van der Waals surface area contributed by atoms with Gasteiger partial charge in [-0.3, -0.25) is 4.79 Å². The van der Waals surface area contributed by atoms with E-state index in [1.165, 1.54) is 4.68 Å². The van der Waals surface area contributed by atoms with Crippen molar-refractivity contribution >= 4 is 11.8 Å². The van der Waals surface area contributed by atoms with E-state index in [1.807, 2.05) is 63.3 Å². The number of aromatic nitrogens is 2. The molecule has 8 heteroatoms. The number of ether oxygens (including phenoxy) is 3. The first-order valence-corrected chi connectivity index (χ1v) is 14.6. The number of fused-ring (bicyclic) bond motifs is 5. The Kier molecular flexibility index (Phi) is 5.55. The maximum atomic E-state index is 14.8. The molecule has 0 unspecified atom stereocenters. The lowest BCUT2D eigenvalue weighted by Gasteiger charge is -2.52. The Balaban J connectivity index is 1.35. The number of ketones is 1. The van der Waals surface area contributed by atoms with Crippen molar-refractivity contribution in [2.24, 2.45) is 34.5 Å². The summed E-state index contributed by atoms with van der Waals surface area (Å²) in [5.74, 6) is -1.68. The second kappa shape index (κ2) is 8.49. The first-order valence-electron chi connectivity index (χ1n) is 14.6. The first-order chi connectivity index (χ1) is 19.3. The van der Waals surface area contributed by atoms with Gasteiger partial charge in [-0.1, -0.05) is 51.1 Å². The molecule has 2 aromatic rings. The minimum atomic E-state index is -1.86. The average Bonchev–Trinajstić information content (AvgIpc) is 3.21. The number of hydrogen-bond donors (Lipinski definition) is 1. The fraction of sp³-hybridized carbons (Fsp3) is 0.545. The van der Waals surface area contributed by atoms with E-state index in [0.29, 0.717) is 17.2 Å². The summed E-state index contributed by atoms with van der Waals surface area (Å²) in [6, 6.07) is 10.9. The second-order valence-electron chi connectivity index (χ2n) is 13.7. The molecule has 3 fully saturated rings. The largest absolute Gasteiger partial charge is 0.450 e. The third kappa shape index (κ3) is 3.47. The quantitative estimate of drug-likeness (QED) is 0.432. The van der Waals surface area contributed by atoms with Gasteiger partial charge in [-0.2, -0.15) is 5.10 Å². The standard InChI is InChI=1S/C33H38N2O6/c1-18-16-32-19(2)14-23-25(30(23,3)4)22(26(32)36)15-20-17-39-31(5,6)41-28(20)33(32,38)27(18)40-29(37)24-12-13-34-35(24)21-10-8-7-9-11-21/h7-13,15-16,19,22-23,25,27-28,38H,14,17H2,1-6H3/t19-,22+,23-,25+,27+,28-,32+,33-/m1/s1. The number of allylic oxidation sites excluding steroid dienone is 1. The van der Waals surface area contributed by atoms with Gasteiger partial charge in [0.25, 0.3) is 0 Å². The maximum Gasteiger partial charge on any atom is 0.357 e. The smallest absolute Gasteiger partial charge is 0.357 e. The van der Waals surface area contributed by atoms with Crippen LogP contribution in [0.4, 0.5) is 0 Å². The van der Waals surface area contributed by atoms with Gasteiger partial charge in [0.1, 0.15) is 6.10 Å². The van der Waals surface area contributed by atoms with Gasteiger partial charge in [0.05, 0.1) is 23.9 Å². The van der Waals surface area contributed by atoms with Crippen molar-refractivity contribution in [3.8, 4) is 5.69 Å². The minimum Gasteiger partial charge on any atom is -0.450 e. The molecule has 1 N–H and O–H groups in total. The van der Waals surface area contributed by atoms with Crippen LogP contribution in [0, 0.1) is 34.5 Å². The van der Waals surface area contributed by atoms with Crippen LogP contribution in [-0.2, 0) is 19.0 Å². The zero-order valence-electron chi connectivity index (χ0n) is 24.5. The molecular weight excluding hydrogens is 520 g/mol. The zero-order chi connectivity index (χ0) is 29.1. The number of benzene rings is 1. The summed E-state index contributed by atoms with van der Waals surface area (Å²) in [4.78, 5) is 28.7. The highest BCUT2D eigenvalue weighted by Crippen LogP contribution is 2.72. The van der Waals surface area contributed by atoms with Crippen LogP contribution in [0.15, 0.2) is 65.9 Å². The fourth-order valence-corrected chi connectivity index (χ4v) is 8.70. The molecule has 41 heavy (non-hydrogen) atoms. The van der Waals surface area contributed by atoms with Crippen molar-refractivity contribution < 1.29 is 28.9 Å². The predicted molar refractivity (Wildman–Crippen MR) is 150 cm³/mol. The van der Waals surface area contributed by atoms with Gasteiger partial charge in [0.15, 0.2) is 29.0 Å². The number of carbonyl (C=O) groups is 2. The number of carbonyl (C=O) groups excluding carboxylic acids is 2. The number of hydrogen-bond acceptors (Lipinski definition) is 7. The lowest BCUT2D eigenvalue weighted by Crippen LogP contribution is -2.68. The van der Waals surface area contributed by atoms with Crippen molar-refractivity contribution in [2.75, 3.05) is 6.61 Å². The summed E-state index contributed by atoms with van der Waals surface area (Å²) in [6.45, 7) is 12.2. The van der Waals surface area contributed by atoms with Crippen LogP contribution >= 0.6 is 0 Å². The second-order valence-corrected chi connectivity index (χ2v) is 13.7. The minimum absolute atomic E-state index is 0.0129. The van der Waals surface area contributed by atoms with Gasteiger partial charge in [-0.15, -0.1) is 0 Å². The summed E-state index contributed by atoms with van der Waals surface area (Å²) in [5, 5.41) is 17.5. The van der Waals surface area contributed by atoms with Crippen molar-refractivity contribution in [3.05, 3.63) is 71.6 Å². The number of nitrogens with zero attached hydrogens (tertiary/aromatic N) is 2. The highest BCUT2D eigenvalue weighted by Gasteiger charge is 2.77. The Morgan fingerprint density at radius 1 is 1.15 bits per heavy atom. The predicted octanol–water partition coefficient (Wildman–Crippen LogP) is 4.66. The lowest BCUT2D eigenvalue weighted by atomic mass is 9.59. The Morgan fingerprint density at radius 3 is 2.61 bits per heavy atom. The van der Waals surface area contributed by atoms with Crippen LogP contribution in [0.3, 0.4) is 0 Å². The third-order valence-corrected chi connectivity index (χ3v) is 10.7. The Morgan fingerprint density at radius 2 is 1.88 bits per heavy atom. The lowest BCUT2D eigenvalue weighted by molar-refractivity contribution is -0.302. The molecule has 2 heterocycles. The molecule has 1 aromatic heterocycles. The SMILES string of the molecule is CC1=C[C@]23C(=O)[C@@H](C=C4COC(C)(C)O[C@H]4[C@]2(O)[C@H]1OC(=O)c1ccnn1-c1ccccc1)[C@H]1[C@@H](C[C@H]3C)C1(C)C. The molecule has 2 bridgehead atoms. The molecule has 8 atom stereocenters. The van der Waals surface area contributed by atoms with Gasteiger partial charge >= 0.3 is 5.97 Å². The van der Waals surface area contributed by atoms with Crippen molar-refractivity contribution in [3.63, 3.8) is 0 Å². The van der Waals surface area contributed by atoms with E-state index in [4.69, 9.17) is 14.2 Å². The first kappa shape index (κ1) is 26.8. The Labute approximate surface area is 240 Å². The number of aliphatic hydroxyl groups is 1. The van der Waals surface area contributed by atoms with Gasteiger partial charge < -0.3 is 19.3 Å². The third-order valence-electron chi connectivity index (χ3n) is 10.7. The van der Waals surface area contributed by atoms with E-state index in [0.717, 1.165) is 12.0 Å². The highest BCUT2D eigenvalue weighted by molar-refractivity contribution is 5.96. The van der Waals surface area contributed by atoms with Crippen molar-refractivity contribution in [2.45, 2.75) is 71.6 Å². The van der Waals surface area contributed by atoms with Crippen LogP contribution in [0.5, 0.6) is 0 Å². The van der Waals surface area contributed by atoms with Crippen molar-refractivity contribution in [1.29, 1.82) is 0 Å². The number of esters is 1. The van der Waals surface area contributed by atoms with E-state index in [-0.39, 0.29) is 41.3 Å². The normalized spacial score (nSPS) is 39.7. The maximum absolute atomic E-state index is 14.8. The summed E-state index contributed by atoms with van der Waals surface area (Å²) in [7, 11) is 0. The van der Waals surface area contributed by atoms with E-state index < -0.39 is 35.0 Å². The van der Waals surface area contributed by atoms with E-state index in [2.05, 4.69) is 25.9 Å². The highest BCUT2D eigenvalue weighted by atomic mass is 16.7. The van der Waals surface area contributed by atoms with Crippen LogP contribution < -0.4 is 0 Å². The Hall–Kier alpha value is -3.07. The zero-order valence-corrected chi connectivity index (χ0v) is 24.5. The Bertz CT molecular complexity index is 1500. The molecule has 216 valence electrons. The molecule has 0 radical (unpaired) electrons. The van der Waals surface area contributed by atoms with Crippen LogP contribution in [0.25, 0.3) is 5.69 Å². The molecule has 7 rings (SSSR count). The van der Waals surface area contributed by atoms with E-state index in [1.54, 1.807) is 12.3 Å². The molecule has 8 nitrogen and oxygen atoms in total. The monoisotopic (exact) mass is 558 g/mol. The van der Waals surface area contributed by atoms with Crippen LogP contribution in [-0.4, -0.2) is 56.8 Å². The molecule has 2 saturated carbocycles. The topological polar surface area (TPSA) is 99.9 Å². The van der Waals surface area contributed by atoms with Gasteiger partial charge in [-0.05, 0) is 79.7 Å². The molecule has 4 aliphatic carbocycles. The van der Waals surface area contributed by atoms with Gasteiger partial charge in [0, 0.05) is 5.92 Å². The fourth-order valence-electron chi connectivity index (χ4n) is 8.70. The molecule has 0 amide bonds. The average molecular weight is 559 g/mol. The number of Topliss-reactive ketones (excluding diaryl/α,β-unsaturated/α-hetero) is 1. The van der Waals surface area contributed by atoms with Gasteiger partial charge in [-0.25, -0.2) is 9.48 Å². The van der Waals surface area contributed by atoms with Crippen LogP contribution in [0.1, 0.15) is 58.5 Å². The van der Waals surface area contributed by atoms with Crippen molar-refractivity contribution in [1.82, 2.24) is 9.78 Å². The molecule has 1 aliphatic heterocycles. The van der Waals surface area contributed by atoms with Gasteiger partial charge in [0.2, 0.25) is 0 Å². The molecular formula is C33H38N2O6. The molecule has 1 saturated heterocycles. The summed E-state index contributed by atoms with van der Waals surface area (Å²) in [6.07, 6.45) is 4.25. The number of rotatable bonds is 3. The number of para-hydroxylation sites is 1. The summed E-state index contributed by atoms with van der Waals surface area (Å²) in [5.41, 5.74) is -0.789. The van der Waals surface area contributed by atoms with E-state index in [9.17, 15) is 14.7 Å². The molecule has 5 aliphatic rings.